The van der Waals surface area contributed by atoms with Gasteiger partial charge in [-0.2, -0.15) is 0 Å². The standard InChI is InChI=1S/C24H30N2O/c1-17(2)26(22-6-4-3-5-7-22)23-12-10-21(11-13-23)25-24(27)16-20-15-18-8-9-19(20)14-18/h3-7,10-13,17-20H,8-9,14-16H2,1-2H3,(H,25,27)/t18-,19-,20-/m1/s1. The van der Waals surface area contributed by atoms with Gasteiger partial charge in [0.25, 0.3) is 0 Å². The van der Waals surface area contributed by atoms with Crippen LogP contribution in [0.3, 0.4) is 0 Å². The number of carbonyl (C=O) groups is 1. The fourth-order valence-corrected chi connectivity index (χ4v) is 5.12. The van der Waals surface area contributed by atoms with Crippen molar-refractivity contribution in [2.45, 2.75) is 52.0 Å². The fraction of sp³-hybridized carbons (Fsp3) is 0.458. The third kappa shape index (κ3) is 4.02. The number of hydrogen-bond acceptors (Lipinski definition) is 2. The Morgan fingerprint density at radius 1 is 1.00 bits per heavy atom. The van der Waals surface area contributed by atoms with E-state index in [4.69, 9.17) is 0 Å². The Kier molecular flexibility index (Phi) is 5.20. The van der Waals surface area contributed by atoms with Crippen LogP contribution in [0.2, 0.25) is 0 Å². The zero-order valence-corrected chi connectivity index (χ0v) is 16.4. The summed E-state index contributed by atoms with van der Waals surface area (Å²) in [6, 6.07) is 19.0. The quantitative estimate of drug-likeness (QED) is 0.684. The van der Waals surface area contributed by atoms with Crippen LogP contribution in [0, 0.1) is 17.8 Å². The summed E-state index contributed by atoms with van der Waals surface area (Å²) in [4.78, 5) is 14.8. The molecule has 1 amide bonds. The van der Waals surface area contributed by atoms with Crippen molar-refractivity contribution in [3.8, 4) is 0 Å². The first-order valence-corrected chi connectivity index (χ1v) is 10.3. The van der Waals surface area contributed by atoms with Gasteiger partial charge in [0.05, 0.1) is 0 Å². The summed E-state index contributed by atoms with van der Waals surface area (Å²) in [5.41, 5.74) is 3.21. The topological polar surface area (TPSA) is 32.3 Å². The first kappa shape index (κ1) is 18.1. The van der Waals surface area contributed by atoms with Gasteiger partial charge in [-0.1, -0.05) is 24.6 Å². The molecule has 2 fully saturated rings. The van der Waals surface area contributed by atoms with E-state index in [1.54, 1.807) is 0 Å². The van der Waals surface area contributed by atoms with Gasteiger partial charge in [0, 0.05) is 29.5 Å². The van der Waals surface area contributed by atoms with Crippen LogP contribution in [-0.2, 0) is 4.79 Å². The van der Waals surface area contributed by atoms with Crippen molar-refractivity contribution < 1.29 is 4.79 Å². The molecular formula is C24H30N2O. The van der Waals surface area contributed by atoms with E-state index in [0.29, 0.717) is 18.4 Å². The predicted molar refractivity (Wildman–Crippen MR) is 112 cm³/mol. The average Bonchev–Trinajstić information content (AvgIpc) is 3.27. The molecule has 0 heterocycles. The molecule has 1 N–H and O–H groups in total. The van der Waals surface area contributed by atoms with Gasteiger partial charge in [0.2, 0.25) is 5.91 Å². The van der Waals surface area contributed by atoms with Crippen molar-refractivity contribution in [1.82, 2.24) is 0 Å². The summed E-state index contributed by atoms with van der Waals surface area (Å²) in [5, 5.41) is 3.11. The number of benzene rings is 2. The van der Waals surface area contributed by atoms with E-state index in [9.17, 15) is 4.79 Å². The number of hydrogen-bond donors (Lipinski definition) is 1. The van der Waals surface area contributed by atoms with Crippen molar-refractivity contribution in [3.05, 3.63) is 54.6 Å². The third-order valence-corrected chi connectivity index (χ3v) is 6.31. The number of rotatable bonds is 6. The molecule has 3 nitrogen and oxygen atoms in total. The normalized spacial score (nSPS) is 23.6. The van der Waals surface area contributed by atoms with Gasteiger partial charge in [-0.25, -0.2) is 0 Å². The summed E-state index contributed by atoms with van der Waals surface area (Å²) < 4.78 is 0. The molecule has 0 saturated heterocycles. The summed E-state index contributed by atoms with van der Waals surface area (Å²) in [7, 11) is 0. The molecule has 27 heavy (non-hydrogen) atoms. The van der Waals surface area contributed by atoms with E-state index in [1.807, 2.05) is 18.2 Å². The Balaban J connectivity index is 1.40. The lowest BCUT2D eigenvalue weighted by Gasteiger charge is -2.29. The minimum absolute atomic E-state index is 0.170. The molecule has 2 bridgehead atoms. The molecule has 0 spiro atoms. The highest BCUT2D eigenvalue weighted by Gasteiger charge is 2.40. The molecule has 3 atom stereocenters. The summed E-state index contributed by atoms with van der Waals surface area (Å²) in [6.45, 7) is 4.38. The Bertz CT molecular complexity index is 769. The smallest absolute Gasteiger partial charge is 0.224 e. The van der Waals surface area contributed by atoms with Crippen LogP contribution in [0.1, 0.15) is 46.0 Å². The second-order valence-corrected chi connectivity index (χ2v) is 8.53. The number of amides is 1. The Labute approximate surface area is 162 Å². The van der Waals surface area contributed by atoms with Crippen LogP contribution in [-0.4, -0.2) is 11.9 Å². The minimum atomic E-state index is 0.170. The van der Waals surface area contributed by atoms with E-state index in [-0.39, 0.29) is 5.91 Å². The maximum absolute atomic E-state index is 12.5. The summed E-state index contributed by atoms with van der Waals surface area (Å²) in [6.07, 6.45) is 6.03. The largest absolute Gasteiger partial charge is 0.339 e. The van der Waals surface area contributed by atoms with E-state index >= 15 is 0 Å². The lowest BCUT2D eigenvalue weighted by Crippen LogP contribution is -2.25. The molecule has 0 radical (unpaired) electrons. The molecule has 2 aromatic rings. The minimum Gasteiger partial charge on any atom is -0.339 e. The number of fused-ring (bicyclic) bond motifs is 2. The second-order valence-electron chi connectivity index (χ2n) is 8.53. The van der Waals surface area contributed by atoms with Crippen LogP contribution >= 0.6 is 0 Å². The SMILES string of the molecule is CC(C)N(c1ccccc1)c1ccc(NC(=O)C[C@H]2C[C@@H]3CC[C@@H]2C3)cc1. The zero-order chi connectivity index (χ0) is 18.8. The predicted octanol–water partition coefficient (Wildman–Crippen LogP) is 6.00. The number of anilines is 3. The Hall–Kier alpha value is -2.29. The van der Waals surface area contributed by atoms with Gasteiger partial charge >= 0.3 is 0 Å². The lowest BCUT2D eigenvalue weighted by molar-refractivity contribution is -0.117. The summed E-state index contributed by atoms with van der Waals surface area (Å²) >= 11 is 0. The monoisotopic (exact) mass is 362 g/mol. The number of nitrogens with one attached hydrogen (secondary N) is 1. The molecule has 3 heteroatoms. The number of carbonyl (C=O) groups excluding carboxylic acids is 1. The molecule has 142 valence electrons. The second kappa shape index (κ2) is 7.75. The van der Waals surface area contributed by atoms with Crippen LogP contribution in [0.5, 0.6) is 0 Å². The third-order valence-electron chi connectivity index (χ3n) is 6.31. The van der Waals surface area contributed by atoms with Crippen LogP contribution < -0.4 is 10.2 Å². The molecular weight excluding hydrogens is 332 g/mol. The Morgan fingerprint density at radius 2 is 1.70 bits per heavy atom. The highest BCUT2D eigenvalue weighted by Crippen LogP contribution is 2.49. The van der Waals surface area contributed by atoms with E-state index in [2.05, 4.69) is 60.5 Å². The van der Waals surface area contributed by atoms with Crippen molar-refractivity contribution >= 4 is 23.0 Å². The molecule has 2 aliphatic rings. The maximum atomic E-state index is 12.5. The summed E-state index contributed by atoms with van der Waals surface area (Å²) in [5.74, 6) is 2.47. The molecule has 4 rings (SSSR count). The van der Waals surface area contributed by atoms with Gasteiger partial charge in [0.15, 0.2) is 0 Å². The highest BCUT2D eigenvalue weighted by molar-refractivity contribution is 5.91. The van der Waals surface area contributed by atoms with E-state index in [0.717, 1.165) is 23.2 Å². The van der Waals surface area contributed by atoms with Gasteiger partial charge in [-0.3, -0.25) is 4.79 Å². The van der Waals surface area contributed by atoms with Gasteiger partial charge in [-0.05, 0) is 87.3 Å². The van der Waals surface area contributed by atoms with Crippen molar-refractivity contribution in [3.63, 3.8) is 0 Å². The maximum Gasteiger partial charge on any atom is 0.224 e. The molecule has 2 aromatic carbocycles. The molecule has 0 unspecified atom stereocenters. The van der Waals surface area contributed by atoms with Crippen molar-refractivity contribution in [1.29, 1.82) is 0 Å². The first-order valence-electron chi connectivity index (χ1n) is 10.3. The van der Waals surface area contributed by atoms with Gasteiger partial charge in [0.1, 0.15) is 0 Å². The molecule has 0 aliphatic heterocycles. The first-order chi connectivity index (χ1) is 13.1. The van der Waals surface area contributed by atoms with Crippen LogP contribution in [0.25, 0.3) is 0 Å². The van der Waals surface area contributed by atoms with E-state index < -0.39 is 0 Å². The molecule has 0 aromatic heterocycles. The highest BCUT2D eigenvalue weighted by atomic mass is 16.1. The van der Waals surface area contributed by atoms with Crippen molar-refractivity contribution in [2.24, 2.45) is 17.8 Å². The van der Waals surface area contributed by atoms with Gasteiger partial charge in [-0.15, -0.1) is 0 Å². The zero-order valence-electron chi connectivity index (χ0n) is 16.4. The number of nitrogens with zero attached hydrogens (tertiary/aromatic N) is 1. The number of para-hydroxylation sites is 1. The Morgan fingerprint density at radius 3 is 2.30 bits per heavy atom. The lowest BCUT2D eigenvalue weighted by atomic mass is 9.86. The molecule has 2 saturated carbocycles. The van der Waals surface area contributed by atoms with Gasteiger partial charge < -0.3 is 10.2 Å². The average molecular weight is 363 g/mol. The van der Waals surface area contributed by atoms with E-state index in [1.165, 1.54) is 31.4 Å². The van der Waals surface area contributed by atoms with Crippen LogP contribution in [0.4, 0.5) is 17.1 Å². The van der Waals surface area contributed by atoms with Crippen LogP contribution in [0.15, 0.2) is 54.6 Å². The van der Waals surface area contributed by atoms with Crippen molar-refractivity contribution in [2.75, 3.05) is 10.2 Å². The molecule has 2 aliphatic carbocycles. The fourth-order valence-electron chi connectivity index (χ4n) is 5.12.